The molecule has 3 aromatic rings. The first kappa shape index (κ1) is 15.4. The van der Waals surface area contributed by atoms with Gasteiger partial charge < -0.3 is 10.1 Å². The predicted molar refractivity (Wildman–Crippen MR) is 93.4 cm³/mol. The van der Waals surface area contributed by atoms with Gasteiger partial charge in [-0.3, -0.25) is 9.36 Å². The second-order valence-corrected chi connectivity index (χ2v) is 6.24. The van der Waals surface area contributed by atoms with Crippen LogP contribution in [0, 0.1) is 5.92 Å². The zero-order valence-electron chi connectivity index (χ0n) is 15.0. The third-order valence-corrected chi connectivity index (χ3v) is 4.58. The molecule has 26 heavy (non-hydrogen) atoms. The van der Waals surface area contributed by atoms with Crippen LogP contribution < -0.4 is 5.32 Å². The van der Waals surface area contributed by atoms with Gasteiger partial charge in [0.05, 0.1) is 12.4 Å². The van der Waals surface area contributed by atoms with E-state index < -0.39 is 24.4 Å². The van der Waals surface area contributed by atoms with E-state index in [1.54, 1.807) is 31.2 Å². The van der Waals surface area contributed by atoms with Crippen LogP contribution in [-0.4, -0.2) is 37.7 Å². The zero-order valence-corrected chi connectivity index (χ0v) is 14.0. The van der Waals surface area contributed by atoms with E-state index in [0.717, 1.165) is 0 Å². The average molecular weight is 356 g/mol. The Morgan fingerprint density at radius 3 is 2.85 bits per heavy atom. The average Bonchev–Trinajstić information content (AvgIpc) is 3.25. The summed E-state index contributed by atoms with van der Waals surface area (Å²) in [5.41, 5.74) is 1.19. The van der Waals surface area contributed by atoms with E-state index >= 15 is 0 Å². The van der Waals surface area contributed by atoms with Crippen LogP contribution in [-0.2, 0) is 4.74 Å². The minimum atomic E-state index is -1.28. The number of carbonyl (C=O) groups excluding carboxylic acids is 1. The first-order valence-corrected chi connectivity index (χ1v) is 8.23. The summed E-state index contributed by atoms with van der Waals surface area (Å²) in [4.78, 5) is 24.9. The van der Waals surface area contributed by atoms with Crippen LogP contribution in [0.3, 0.4) is 0 Å². The minimum Gasteiger partial charge on any atom is -0.351 e. The SMILES string of the molecule is [2H]C[C@H]1O[C@@H](n2cnc3c(NC(=O)c4ccccc4)ncnc32)[C@H](F)[C@@H]1C. The van der Waals surface area contributed by atoms with Crippen LogP contribution in [0.2, 0.25) is 0 Å². The molecule has 1 fully saturated rings. The Bertz CT molecular complexity index is 967. The van der Waals surface area contributed by atoms with Crippen LogP contribution in [0.4, 0.5) is 10.2 Å². The van der Waals surface area contributed by atoms with E-state index in [9.17, 15) is 9.18 Å². The normalized spacial score (nSPS) is 26.0. The minimum absolute atomic E-state index is 0.0158. The fraction of sp³-hybridized carbons (Fsp3) is 0.333. The van der Waals surface area contributed by atoms with Crippen molar-refractivity contribution in [2.45, 2.75) is 32.3 Å². The molecule has 134 valence electrons. The topological polar surface area (TPSA) is 81.9 Å². The highest BCUT2D eigenvalue weighted by Gasteiger charge is 2.41. The molecule has 1 aromatic carbocycles. The number of halogens is 1. The van der Waals surface area contributed by atoms with Crippen molar-refractivity contribution in [3.05, 3.63) is 48.5 Å². The van der Waals surface area contributed by atoms with Crippen molar-refractivity contribution in [2.24, 2.45) is 5.92 Å². The molecule has 1 saturated heterocycles. The molecule has 2 aromatic heterocycles. The fourth-order valence-electron chi connectivity index (χ4n) is 2.96. The van der Waals surface area contributed by atoms with Crippen LogP contribution in [0.5, 0.6) is 0 Å². The summed E-state index contributed by atoms with van der Waals surface area (Å²) >= 11 is 0. The molecular weight excluding hydrogens is 337 g/mol. The second kappa shape index (κ2) is 6.45. The predicted octanol–water partition coefficient (Wildman–Crippen LogP) is 2.97. The molecule has 1 aliphatic heterocycles. The maximum absolute atomic E-state index is 14.7. The standard InChI is InChI=1S/C18H18FN5O2/c1-10-11(2)26-18(13(10)19)24-9-22-14-15(20-8-21-16(14)24)23-17(25)12-6-4-3-5-7-12/h3-11,13,18H,1-2H3,(H,20,21,23,25)/t10-,11-,13-,18-/m1/s1/i2D. The van der Waals surface area contributed by atoms with Crippen molar-refractivity contribution in [1.82, 2.24) is 19.5 Å². The highest BCUT2D eigenvalue weighted by Crippen LogP contribution is 2.37. The van der Waals surface area contributed by atoms with Gasteiger partial charge in [-0.05, 0) is 19.0 Å². The number of amides is 1. The van der Waals surface area contributed by atoms with Gasteiger partial charge in [-0.15, -0.1) is 0 Å². The summed E-state index contributed by atoms with van der Waals surface area (Å²) < 4.78 is 29.4. The zero-order chi connectivity index (χ0) is 19.0. The molecular formula is C18H18FN5O2. The number of alkyl halides is 1. The van der Waals surface area contributed by atoms with Crippen molar-refractivity contribution in [3.8, 4) is 0 Å². The number of rotatable bonds is 3. The van der Waals surface area contributed by atoms with Gasteiger partial charge in [0.15, 0.2) is 29.4 Å². The van der Waals surface area contributed by atoms with Crippen molar-refractivity contribution in [1.29, 1.82) is 0 Å². The van der Waals surface area contributed by atoms with Gasteiger partial charge in [-0.1, -0.05) is 25.1 Å². The number of hydrogen-bond donors (Lipinski definition) is 1. The molecule has 3 heterocycles. The molecule has 0 aliphatic carbocycles. The largest absolute Gasteiger partial charge is 0.351 e. The van der Waals surface area contributed by atoms with Gasteiger partial charge in [0.1, 0.15) is 6.33 Å². The number of imidazole rings is 1. The summed E-state index contributed by atoms with van der Waals surface area (Å²) in [7, 11) is 0. The van der Waals surface area contributed by atoms with Gasteiger partial charge in [0.2, 0.25) is 0 Å². The molecule has 0 saturated carbocycles. The number of nitrogens with one attached hydrogen (secondary N) is 1. The Balaban J connectivity index is 1.65. The third kappa shape index (κ3) is 2.72. The molecule has 0 bridgehead atoms. The van der Waals surface area contributed by atoms with E-state index in [4.69, 9.17) is 6.11 Å². The molecule has 7 nitrogen and oxygen atoms in total. The van der Waals surface area contributed by atoms with Crippen LogP contribution in [0.1, 0.15) is 31.8 Å². The molecule has 0 spiro atoms. The van der Waals surface area contributed by atoms with Gasteiger partial charge in [0.25, 0.3) is 5.91 Å². The maximum Gasteiger partial charge on any atom is 0.256 e. The highest BCUT2D eigenvalue weighted by molar-refractivity contribution is 6.06. The number of aromatic nitrogens is 4. The van der Waals surface area contributed by atoms with E-state index in [2.05, 4.69) is 20.3 Å². The van der Waals surface area contributed by atoms with Crippen molar-refractivity contribution in [3.63, 3.8) is 0 Å². The fourth-order valence-corrected chi connectivity index (χ4v) is 2.96. The lowest BCUT2D eigenvalue weighted by molar-refractivity contribution is -0.0102. The summed E-state index contributed by atoms with van der Waals surface area (Å²) in [5, 5.41) is 2.71. The number of benzene rings is 1. The van der Waals surface area contributed by atoms with Gasteiger partial charge in [0, 0.05) is 12.9 Å². The summed E-state index contributed by atoms with van der Waals surface area (Å²) in [5.74, 6) is -0.483. The number of fused-ring (bicyclic) bond motifs is 1. The number of hydrogen-bond acceptors (Lipinski definition) is 5. The second-order valence-electron chi connectivity index (χ2n) is 6.24. The van der Waals surface area contributed by atoms with Gasteiger partial charge in [-0.25, -0.2) is 19.3 Å². The molecule has 1 aliphatic rings. The van der Waals surface area contributed by atoms with Crippen molar-refractivity contribution >= 4 is 22.9 Å². The molecule has 4 rings (SSSR count). The third-order valence-electron chi connectivity index (χ3n) is 4.58. The first-order valence-electron chi connectivity index (χ1n) is 8.93. The monoisotopic (exact) mass is 356 g/mol. The first-order chi connectivity index (χ1) is 13.1. The maximum atomic E-state index is 14.7. The highest BCUT2D eigenvalue weighted by atomic mass is 19.1. The van der Waals surface area contributed by atoms with Gasteiger partial charge in [-0.2, -0.15) is 0 Å². The molecule has 8 heteroatoms. The number of anilines is 1. The lowest BCUT2D eigenvalue weighted by Crippen LogP contribution is -2.19. The van der Waals surface area contributed by atoms with Crippen LogP contribution in [0.25, 0.3) is 11.2 Å². The summed E-state index contributed by atoms with van der Waals surface area (Å²) in [6, 6.07) is 8.73. The molecule has 1 amide bonds. The molecule has 0 unspecified atom stereocenters. The van der Waals surface area contributed by atoms with E-state index in [0.29, 0.717) is 16.7 Å². The van der Waals surface area contributed by atoms with Crippen molar-refractivity contribution in [2.75, 3.05) is 5.32 Å². The quantitative estimate of drug-likeness (QED) is 0.780. The van der Waals surface area contributed by atoms with E-state index in [1.807, 2.05) is 6.07 Å². The Kier molecular flexibility index (Phi) is 3.82. The van der Waals surface area contributed by atoms with Crippen molar-refractivity contribution < 1.29 is 15.3 Å². The molecule has 1 N–H and O–H groups in total. The van der Waals surface area contributed by atoms with Gasteiger partial charge >= 0.3 is 0 Å². The lowest BCUT2D eigenvalue weighted by Gasteiger charge is -2.15. The Morgan fingerprint density at radius 2 is 2.12 bits per heavy atom. The Hall–Kier alpha value is -2.87. The summed E-state index contributed by atoms with van der Waals surface area (Å²) in [6.45, 7) is 1.71. The Labute approximate surface area is 150 Å². The van der Waals surface area contributed by atoms with E-state index in [-0.39, 0.29) is 18.6 Å². The lowest BCUT2D eigenvalue weighted by atomic mass is 10.0. The van der Waals surface area contributed by atoms with E-state index in [1.165, 1.54) is 17.2 Å². The molecule has 4 atom stereocenters. The van der Waals surface area contributed by atoms with Crippen LogP contribution >= 0.6 is 0 Å². The smallest absolute Gasteiger partial charge is 0.256 e. The Morgan fingerprint density at radius 1 is 1.31 bits per heavy atom. The van der Waals surface area contributed by atoms with Crippen LogP contribution in [0.15, 0.2) is 43.0 Å². The number of nitrogens with zero attached hydrogens (tertiary/aromatic N) is 4. The summed E-state index contributed by atoms with van der Waals surface area (Å²) in [6.07, 6.45) is 0.0345. The molecule has 0 radical (unpaired) electrons. The number of ether oxygens (including phenoxy) is 1. The number of carbonyl (C=O) groups is 1.